The molecule has 3 heterocycles. The second-order valence-corrected chi connectivity index (χ2v) is 16.0. The minimum Gasteiger partial charge on any atom is -0.309 e. The zero-order chi connectivity index (χ0) is 39.4. The first-order valence-electron chi connectivity index (χ1n) is 20.3. The highest BCUT2D eigenvalue weighted by Crippen LogP contribution is 2.43. The zero-order valence-electron chi connectivity index (χ0n) is 33.0. The minimum atomic E-state index is 0.859. The summed E-state index contributed by atoms with van der Waals surface area (Å²) in [4.78, 5) is 11.6. The molecule has 4 nitrogen and oxygen atoms in total. The molecule has 59 heavy (non-hydrogen) atoms. The molecule has 0 saturated heterocycles. The van der Waals surface area contributed by atoms with Gasteiger partial charge >= 0.3 is 0 Å². The monoisotopic (exact) mass is 754 g/mol. The van der Waals surface area contributed by atoms with Crippen molar-refractivity contribution in [2.45, 2.75) is 20.8 Å². The Labute approximate surface area is 341 Å². The van der Waals surface area contributed by atoms with Gasteiger partial charge in [0.05, 0.1) is 44.5 Å². The average molecular weight is 755 g/mol. The molecule has 12 rings (SSSR count). The predicted octanol–water partition coefficient (Wildman–Crippen LogP) is 14.4. The first-order valence-corrected chi connectivity index (χ1v) is 20.3. The van der Waals surface area contributed by atoms with E-state index in [1.807, 2.05) is 0 Å². The van der Waals surface area contributed by atoms with Crippen molar-refractivity contribution in [3.8, 4) is 33.9 Å². The Bertz CT molecular complexity index is 3450. The number of nitrogens with zero attached hydrogens (tertiary/aromatic N) is 4. The zero-order valence-corrected chi connectivity index (χ0v) is 33.0. The number of aryl methyl sites for hydroxylation is 3. The fraction of sp³-hybridized carbons (Fsp3) is 0.0545. The van der Waals surface area contributed by atoms with Crippen LogP contribution in [0, 0.1) is 20.8 Å². The van der Waals surface area contributed by atoms with Gasteiger partial charge in [0.15, 0.2) is 0 Å². The molecular weight excluding hydrogens is 717 g/mol. The summed E-state index contributed by atoms with van der Waals surface area (Å²) in [5.74, 6) is 0. The highest BCUT2D eigenvalue weighted by Gasteiger charge is 2.23. The van der Waals surface area contributed by atoms with E-state index < -0.39 is 0 Å². The molecule has 0 aliphatic rings. The van der Waals surface area contributed by atoms with Crippen LogP contribution < -0.4 is 0 Å². The van der Waals surface area contributed by atoms with Crippen LogP contribution in [0.5, 0.6) is 0 Å². The average Bonchev–Trinajstić information content (AvgIpc) is 3.79. The van der Waals surface area contributed by atoms with E-state index >= 15 is 0 Å². The standard InChI is InChI=1S/C55H38N4/c1-33-28-34(2)51(35(3)29-33)55-52(56-53-45-22-6-4-16-39(45)40-17-5-7-23-46(40)54(53)57-55)36-30-37(58-47-24-12-8-18-41(47)42-19-9-13-25-48(42)58)32-38(31-36)59-49-26-14-10-20-43(49)44-21-11-15-27-50(44)59/h4-32H,1-3H3. The lowest BCUT2D eigenvalue weighted by Gasteiger charge is -2.19. The van der Waals surface area contributed by atoms with Crippen molar-refractivity contribution in [2.75, 3.05) is 0 Å². The third-order valence-electron chi connectivity index (χ3n) is 12.3. The van der Waals surface area contributed by atoms with Crippen LogP contribution in [0.25, 0.3) is 110 Å². The number of aromatic nitrogens is 4. The van der Waals surface area contributed by atoms with Crippen molar-refractivity contribution in [1.82, 2.24) is 19.1 Å². The van der Waals surface area contributed by atoms with Crippen LogP contribution in [0.3, 0.4) is 0 Å². The van der Waals surface area contributed by atoms with Crippen molar-refractivity contribution in [1.29, 1.82) is 0 Å². The maximum absolute atomic E-state index is 5.82. The van der Waals surface area contributed by atoms with E-state index in [2.05, 4.69) is 206 Å². The molecular formula is C55H38N4. The number of rotatable bonds is 4. The maximum Gasteiger partial charge on any atom is 0.0979 e. The maximum atomic E-state index is 5.82. The van der Waals surface area contributed by atoms with Crippen molar-refractivity contribution < 1.29 is 0 Å². The largest absolute Gasteiger partial charge is 0.309 e. The quantitative estimate of drug-likeness (QED) is 0.168. The van der Waals surface area contributed by atoms with Gasteiger partial charge < -0.3 is 9.13 Å². The van der Waals surface area contributed by atoms with Gasteiger partial charge in [0, 0.05) is 54.8 Å². The van der Waals surface area contributed by atoms with Gasteiger partial charge in [-0.3, -0.25) is 0 Å². The molecule has 3 aromatic heterocycles. The van der Waals surface area contributed by atoms with E-state index in [1.54, 1.807) is 0 Å². The van der Waals surface area contributed by atoms with E-state index in [1.165, 1.54) is 49.0 Å². The van der Waals surface area contributed by atoms with Crippen LogP contribution in [0.4, 0.5) is 0 Å². The SMILES string of the molecule is Cc1cc(C)c(-c2nc3c4ccccc4c4ccccc4c3nc2-c2cc(-n3c4ccccc4c4ccccc43)cc(-n3c4ccccc4c4ccccc43)c2)c(C)c1. The molecule has 0 aliphatic carbocycles. The highest BCUT2D eigenvalue weighted by molar-refractivity contribution is 6.23. The van der Waals surface area contributed by atoms with Crippen LogP contribution in [-0.4, -0.2) is 19.1 Å². The van der Waals surface area contributed by atoms with Gasteiger partial charge in [-0.1, -0.05) is 139 Å². The predicted molar refractivity (Wildman–Crippen MR) is 248 cm³/mol. The van der Waals surface area contributed by atoms with Crippen LogP contribution >= 0.6 is 0 Å². The summed E-state index contributed by atoms with van der Waals surface area (Å²) >= 11 is 0. The molecule has 278 valence electrons. The van der Waals surface area contributed by atoms with Crippen molar-refractivity contribution in [3.63, 3.8) is 0 Å². The number of hydrogen-bond acceptors (Lipinski definition) is 2. The first-order chi connectivity index (χ1) is 29.0. The first kappa shape index (κ1) is 33.6. The summed E-state index contributed by atoms with van der Waals surface area (Å²) < 4.78 is 4.84. The topological polar surface area (TPSA) is 35.6 Å². The lowest BCUT2D eigenvalue weighted by Crippen LogP contribution is -2.03. The molecule has 12 aromatic rings. The van der Waals surface area contributed by atoms with Gasteiger partial charge in [-0.2, -0.15) is 0 Å². The van der Waals surface area contributed by atoms with Crippen LogP contribution in [-0.2, 0) is 0 Å². The number of hydrogen-bond donors (Lipinski definition) is 0. The molecule has 0 N–H and O–H groups in total. The van der Waals surface area contributed by atoms with Crippen molar-refractivity contribution >= 4 is 76.2 Å². The summed E-state index contributed by atoms with van der Waals surface area (Å²) in [6.07, 6.45) is 0. The molecule has 0 amide bonds. The van der Waals surface area contributed by atoms with Crippen LogP contribution in [0.2, 0.25) is 0 Å². The molecule has 4 heteroatoms. The molecule has 9 aromatic carbocycles. The summed E-state index contributed by atoms with van der Waals surface area (Å²) in [7, 11) is 0. The van der Waals surface area contributed by atoms with E-state index in [0.29, 0.717) is 0 Å². The summed E-state index contributed by atoms with van der Waals surface area (Å²) in [5, 5.41) is 9.46. The number of para-hydroxylation sites is 4. The van der Waals surface area contributed by atoms with Gasteiger partial charge in [0.25, 0.3) is 0 Å². The van der Waals surface area contributed by atoms with Gasteiger partial charge in [-0.25, -0.2) is 9.97 Å². The van der Waals surface area contributed by atoms with Gasteiger partial charge in [-0.15, -0.1) is 0 Å². The van der Waals surface area contributed by atoms with Gasteiger partial charge in [0.1, 0.15) is 0 Å². The third kappa shape index (κ3) is 4.96. The third-order valence-corrected chi connectivity index (χ3v) is 12.3. The Kier molecular flexibility index (Phi) is 7.24. The fourth-order valence-corrected chi connectivity index (χ4v) is 9.98. The van der Waals surface area contributed by atoms with E-state index in [9.17, 15) is 0 Å². The molecule has 0 unspecified atom stereocenters. The van der Waals surface area contributed by atoms with E-state index in [-0.39, 0.29) is 0 Å². The Hall–Kier alpha value is -7.56. The fourth-order valence-electron chi connectivity index (χ4n) is 9.98. The van der Waals surface area contributed by atoms with Crippen LogP contribution in [0.15, 0.2) is 176 Å². The Balaban J connectivity index is 1.27. The van der Waals surface area contributed by atoms with E-state index in [4.69, 9.17) is 9.97 Å². The molecule has 0 saturated carbocycles. The van der Waals surface area contributed by atoms with Gasteiger partial charge in [0.2, 0.25) is 0 Å². The molecule has 0 radical (unpaired) electrons. The summed E-state index contributed by atoms with van der Waals surface area (Å²) in [6.45, 7) is 6.59. The summed E-state index contributed by atoms with van der Waals surface area (Å²) in [6, 6.07) is 63.8. The molecule has 0 spiro atoms. The highest BCUT2D eigenvalue weighted by atomic mass is 15.0. The number of benzene rings is 9. The smallest absolute Gasteiger partial charge is 0.0979 e. The lowest BCUT2D eigenvalue weighted by atomic mass is 9.93. The van der Waals surface area contributed by atoms with Gasteiger partial charge in [-0.05, 0) is 85.1 Å². The molecule has 0 bridgehead atoms. The minimum absolute atomic E-state index is 0.859. The second-order valence-electron chi connectivity index (χ2n) is 16.0. The van der Waals surface area contributed by atoms with Crippen molar-refractivity contribution in [2.24, 2.45) is 0 Å². The Morgan fingerprint density at radius 3 is 1.08 bits per heavy atom. The molecule has 0 atom stereocenters. The number of fused-ring (bicyclic) bond motifs is 12. The van der Waals surface area contributed by atoms with Crippen molar-refractivity contribution in [3.05, 3.63) is 193 Å². The molecule has 0 aliphatic heterocycles. The lowest BCUT2D eigenvalue weighted by molar-refractivity contribution is 1.13. The summed E-state index contributed by atoms with van der Waals surface area (Å²) in [5.41, 5.74) is 16.1. The Morgan fingerprint density at radius 1 is 0.339 bits per heavy atom. The molecule has 0 fully saturated rings. The Morgan fingerprint density at radius 2 is 0.678 bits per heavy atom. The normalized spacial score (nSPS) is 12.0. The van der Waals surface area contributed by atoms with E-state index in [0.717, 1.165) is 77.8 Å². The van der Waals surface area contributed by atoms with Crippen LogP contribution in [0.1, 0.15) is 16.7 Å². The second kappa shape index (κ2) is 12.7.